The first-order valence-electron chi connectivity index (χ1n) is 3.87. The molecule has 12 heavy (non-hydrogen) atoms. The van der Waals surface area contributed by atoms with E-state index in [9.17, 15) is 4.79 Å². The van der Waals surface area contributed by atoms with Gasteiger partial charge in [0.2, 0.25) is 5.91 Å². The Bertz CT molecular complexity index is 244. The SMILES string of the molecule is CCC(=O)N(C)Cc1ccon1. The lowest BCUT2D eigenvalue weighted by atomic mass is 10.3. The molecule has 0 atom stereocenters. The van der Waals surface area contributed by atoms with Gasteiger partial charge in [0.1, 0.15) is 12.0 Å². The van der Waals surface area contributed by atoms with Crippen LogP contribution in [0.3, 0.4) is 0 Å². The molecule has 4 heteroatoms. The number of rotatable bonds is 3. The van der Waals surface area contributed by atoms with E-state index < -0.39 is 0 Å². The first kappa shape index (κ1) is 8.77. The van der Waals surface area contributed by atoms with Crippen molar-refractivity contribution in [3.05, 3.63) is 18.0 Å². The first-order valence-corrected chi connectivity index (χ1v) is 3.87. The second-order valence-electron chi connectivity index (χ2n) is 2.59. The van der Waals surface area contributed by atoms with Gasteiger partial charge in [-0.1, -0.05) is 12.1 Å². The molecule has 1 rings (SSSR count). The molecule has 0 saturated carbocycles. The Balaban J connectivity index is 2.47. The van der Waals surface area contributed by atoms with E-state index in [1.807, 2.05) is 6.92 Å². The maximum Gasteiger partial charge on any atom is 0.222 e. The van der Waals surface area contributed by atoms with Crippen molar-refractivity contribution in [3.63, 3.8) is 0 Å². The van der Waals surface area contributed by atoms with Crippen LogP contribution in [0.15, 0.2) is 16.9 Å². The lowest BCUT2D eigenvalue weighted by molar-refractivity contribution is -0.130. The maximum atomic E-state index is 11.1. The minimum atomic E-state index is 0.109. The molecule has 1 amide bonds. The van der Waals surface area contributed by atoms with Crippen molar-refractivity contribution in [3.8, 4) is 0 Å². The number of hydrogen-bond donors (Lipinski definition) is 0. The van der Waals surface area contributed by atoms with Crippen LogP contribution in [0.5, 0.6) is 0 Å². The molecule has 0 aliphatic rings. The maximum absolute atomic E-state index is 11.1. The molecule has 0 aliphatic carbocycles. The topological polar surface area (TPSA) is 46.3 Å². The molecule has 66 valence electrons. The van der Waals surface area contributed by atoms with Crippen LogP contribution in [0, 0.1) is 0 Å². The Hall–Kier alpha value is -1.32. The lowest BCUT2D eigenvalue weighted by Crippen LogP contribution is -2.25. The third-order valence-corrected chi connectivity index (χ3v) is 1.62. The molecule has 4 nitrogen and oxygen atoms in total. The van der Waals surface area contributed by atoms with E-state index in [2.05, 4.69) is 9.68 Å². The molecule has 1 aromatic heterocycles. The largest absolute Gasteiger partial charge is 0.364 e. The summed E-state index contributed by atoms with van der Waals surface area (Å²) in [7, 11) is 1.75. The van der Waals surface area contributed by atoms with Gasteiger partial charge in [-0.25, -0.2) is 0 Å². The Labute approximate surface area is 71.1 Å². The fourth-order valence-corrected chi connectivity index (χ4v) is 0.920. The number of hydrogen-bond acceptors (Lipinski definition) is 3. The van der Waals surface area contributed by atoms with Crippen LogP contribution >= 0.6 is 0 Å². The Morgan fingerprint density at radius 2 is 2.50 bits per heavy atom. The second kappa shape index (κ2) is 3.90. The van der Waals surface area contributed by atoms with Gasteiger partial charge in [-0.3, -0.25) is 4.79 Å². The monoisotopic (exact) mass is 168 g/mol. The van der Waals surface area contributed by atoms with Gasteiger partial charge in [-0.15, -0.1) is 0 Å². The van der Waals surface area contributed by atoms with E-state index in [1.54, 1.807) is 18.0 Å². The minimum absolute atomic E-state index is 0.109. The van der Waals surface area contributed by atoms with E-state index in [1.165, 1.54) is 6.26 Å². The Morgan fingerprint density at radius 1 is 1.75 bits per heavy atom. The molecule has 0 fully saturated rings. The van der Waals surface area contributed by atoms with Crippen molar-refractivity contribution in [1.82, 2.24) is 10.1 Å². The van der Waals surface area contributed by atoms with E-state index in [0.29, 0.717) is 13.0 Å². The summed E-state index contributed by atoms with van der Waals surface area (Å²) in [4.78, 5) is 12.7. The third kappa shape index (κ3) is 2.08. The van der Waals surface area contributed by atoms with Gasteiger partial charge in [0.15, 0.2) is 0 Å². The van der Waals surface area contributed by atoms with Gasteiger partial charge >= 0.3 is 0 Å². The van der Waals surface area contributed by atoms with Gasteiger partial charge in [0.25, 0.3) is 0 Å². The number of carbonyl (C=O) groups excluding carboxylic acids is 1. The zero-order chi connectivity index (χ0) is 8.97. The molecular formula is C8H12N2O2. The molecule has 0 unspecified atom stereocenters. The van der Waals surface area contributed by atoms with E-state index in [4.69, 9.17) is 0 Å². The highest BCUT2D eigenvalue weighted by Crippen LogP contribution is 2.00. The predicted molar refractivity (Wildman–Crippen MR) is 43.3 cm³/mol. The fourth-order valence-electron chi connectivity index (χ4n) is 0.920. The van der Waals surface area contributed by atoms with Gasteiger partial charge in [0.05, 0.1) is 6.54 Å². The smallest absolute Gasteiger partial charge is 0.222 e. The van der Waals surface area contributed by atoms with Crippen LogP contribution in [-0.2, 0) is 11.3 Å². The number of aromatic nitrogens is 1. The predicted octanol–water partition coefficient (Wildman–Crippen LogP) is 1.04. The first-order chi connectivity index (χ1) is 5.74. The van der Waals surface area contributed by atoms with Crippen LogP contribution in [0.2, 0.25) is 0 Å². The molecular weight excluding hydrogens is 156 g/mol. The van der Waals surface area contributed by atoms with Crippen LogP contribution in [-0.4, -0.2) is 23.0 Å². The van der Waals surface area contributed by atoms with E-state index in [0.717, 1.165) is 5.69 Å². The molecule has 0 radical (unpaired) electrons. The lowest BCUT2D eigenvalue weighted by Gasteiger charge is -2.13. The molecule has 0 aromatic carbocycles. The highest BCUT2D eigenvalue weighted by atomic mass is 16.5. The Kier molecular flexibility index (Phi) is 2.85. The van der Waals surface area contributed by atoms with Crippen molar-refractivity contribution < 1.29 is 9.32 Å². The second-order valence-corrected chi connectivity index (χ2v) is 2.59. The summed E-state index contributed by atoms with van der Waals surface area (Å²) in [5.41, 5.74) is 0.777. The van der Waals surface area contributed by atoms with Crippen molar-refractivity contribution in [2.75, 3.05) is 7.05 Å². The molecule has 0 saturated heterocycles. The molecule has 0 N–H and O–H groups in total. The zero-order valence-corrected chi connectivity index (χ0v) is 7.28. The van der Waals surface area contributed by atoms with Crippen molar-refractivity contribution in [2.45, 2.75) is 19.9 Å². The van der Waals surface area contributed by atoms with Gasteiger partial charge < -0.3 is 9.42 Å². The van der Waals surface area contributed by atoms with Crippen molar-refractivity contribution >= 4 is 5.91 Å². The van der Waals surface area contributed by atoms with Crippen LogP contribution in [0.4, 0.5) is 0 Å². The Morgan fingerprint density at radius 3 is 3.00 bits per heavy atom. The summed E-state index contributed by atoms with van der Waals surface area (Å²) in [6.07, 6.45) is 2.02. The number of nitrogens with zero attached hydrogens (tertiary/aromatic N) is 2. The highest BCUT2D eigenvalue weighted by Gasteiger charge is 2.07. The van der Waals surface area contributed by atoms with E-state index in [-0.39, 0.29) is 5.91 Å². The van der Waals surface area contributed by atoms with Crippen molar-refractivity contribution in [2.24, 2.45) is 0 Å². The average Bonchev–Trinajstić information content (AvgIpc) is 2.55. The molecule has 0 spiro atoms. The zero-order valence-electron chi connectivity index (χ0n) is 7.28. The van der Waals surface area contributed by atoms with Crippen molar-refractivity contribution in [1.29, 1.82) is 0 Å². The van der Waals surface area contributed by atoms with Gasteiger partial charge in [-0.2, -0.15) is 0 Å². The van der Waals surface area contributed by atoms with Gasteiger partial charge in [0, 0.05) is 19.5 Å². The number of carbonyl (C=O) groups is 1. The molecule has 1 heterocycles. The molecule has 0 aliphatic heterocycles. The van der Waals surface area contributed by atoms with Crippen LogP contribution in [0.1, 0.15) is 19.0 Å². The van der Waals surface area contributed by atoms with Crippen LogP contribution < -0.4 is 0 Å². The summed E-state index contributed by atoms with van der Waals surface area (Å²) in [6, 6.07) is 1.75. The number of amides is 1. The summed E-state index contributed by atoms with van der Waals surface area (Å²) < 4.78 is 4.64. The molecule has 0 bridgehead atoms. The standard InChI is InChI=1S/C8H12N2O2/c1-3-8(11)10(2)6-7-4-5-12-9-7/h4-5H,3,6H2,1-2H3. The molecule has 1 aromatic rings. The van der Waals surface area contributed by atoms with E-state index >= 15 is 0 Å². The highest BCUT2D eigenvalue weighted by molar-refractivity contribution is 5.75. The fraction of sp³-hybridized carbons (Fsp3) is 0.500. The average molecular weight is 168 g/mol. The van der Waals surface area contributed by atoms with Crippen LogP contribution in [0.25, 0.3) is 0 Å². The minimum Gasteiger partial charge on any atom is -0.364 e. The van der Waals surface area contributed by atoms with Gasteiger partial charge in [-0.05, 0) is 0 Å². The third-order valence-electron chi connectivity index (χ3n) is 1.62. The summed E-state index contributed by atoms with van der Waals surface area (Å²) >= 11 is 0. The summed E-state index contributed by atoms with van der Waals surface area (Å²) in [6.45, 7) is 2.35. The summed E-state index contributed by atoms with van der Waals surface area (Å²) in [5, 5.41) is 3.70. The quantitative estimate of drug-likeness (QED) is 0.677. The normalized spacial score (nSPS) is 9.83. The summed E-state index contributed by atoms with van der Waals surface area (Å²) in [5.74, 6) is 0.109.